The molecule has 0 saturated carbocycles. The monoisotopic (exact) mass is 425 g/mol. The number of carbonyl (C=O) groups is 2. The van der Waals surface area contributed by atoms with Crippen LogP contribution in [0.15, 0.2) is 28.8 Å². The van der Waals surface area contributed by atoms with Crippen molar-refractivity contribution in [2.24, 2.45) is 11.7 Å². The van der Waals surface area contributed by atoms with Gasteiger partial charge in [-0.05, 0) is 48.9 Å². The number of nitrogens with zero attached hydrogens (tertiary/aromatic N) is 1. The first-order chi connectivity index (χ1) is 14.5. The Labute approximate surface area is 175 Å². The van der Waals surface area contributed by atoms with Gasteiger partial charge in [0.2, 0.25) is 6.79 Å². The molecule has 5 rings (SSSR count). The number of ether oxygens (including phenoxy) is 2. The van der Waals surface area contributed by atoms with Crippen molar-refractivity contribution in [2.45, 2.75) is 26.2 Å². The van der Waals surface area contributed by atoms with Crippen LogP contribution in [0, 0.1) is 5.92 Å². The molecule has 1 atom stereocenters. The minimum atomic E-state index is -0.529. The molecule has 3 N–H and O–H groups in total. The van der Waals surface area contributed by atoms with Crippen LogP contribution in [0.25, 0.3) is 11.3 Å². The SMILES string of the molecule is CC1CCc2c(sc(NC(=O)c3cc(-c4ccc5c(c4)OCO5)on3)c2C(N)=O)C1. The van der Waals surface area contributed by atoms with Crippen LogP contribution in [0.5, 0.6) is 11.5 Å². The van der Waals surface area contributed by atoms with Gasteiger partial charge in [0.25, 0.3) is 11.8 Å². The minimum absolute atomic E-state index is 0.109. The number of nitrogens with one attached hydrogen (secondary N) is 1. The van der Waals surface area contributed by atoms with Crippen LogP contribution in [0.2, 0.25) is 0 Å². The number of hydrogen-bond acceptors (Lipinski definition) is 7. The van der Waals surface area contributed by atoms with E-state index in [1.165, 1.54) is 11.3 Å². The van der Waals surface area contributed by atoms with E-state index in [0.29, 0.717) is 39.3 Å². The summed E-state index contributed by atoms with van der Waals surface area (Å²) in [4.78, 5) is 25.9. The molecule has 3 heterocycles. The van der Waals surface area contributed by atoms with Crippen molar-refractivity contribution in [1.82, 2.24) is 5.16 Å². The fourth-order valence-electron chi connectivity index (χ4n) is 3.83. The van der Waals surface area contributed by atoms with Crippen molar-refractivity contribution in [2.75, 3.05) is 12.1 Å². The second kappa shape index (κ2) is 7.17. The Morgan fingerprint density at radius 2 is 2.07 bits per heavy atom. The molecule has 1 aromatic carbocycles. The lowest BCUT2D eigenvalue weighted by Gasteiger charge is -2.18. The summed E-state index contributed by atoms with van der Waals surface area (Å²) >= 11 is 1.41. The summed E-state index contributed by atoms with van der Waals surface area (Å²) in [6, 6.07) is 6.89. The lowest BCUT2D eigenvalue weighted by atomic mass is 9.88. The van der Waals surface area contributed by atoms with Crippen LogP contribution >= 0.6 is 11.3 Å². The maximum atomic E-state index is 12.8. The lowest BCUT2D eigenvalue weighted by Crippen LogP contribution is -2.19. The van der Waals surface area contributed by atoms with Gasteiger partial charge in [-0.15, -0.1) is 11.3 Å². The molecule has 3 aromatic rings. The molecule has 1 unspecified atom stereocenters. The normalized spacial score (nSPS) is 16.9. The number of aromatic nitrogens is 1. The van der Waals surface area contributed by atoms with Gasteiger partial charge in [0.1, 0.15) is 5.00 Å². The molecule has 1 aliphatic heterocycles. The highest BCUT2D eigenvalue weighted by atomic mass is 32.1. The maximum absolute atomic E-state index is 12.8. The van der Waals surface area contributed by atoms with Gasteiger partial charge >= 0.3 is 0 Å². The Bertz CT molecular complexity index is 1170. The van der Waals surface area contributed by atoms with Gasteiger partial charge in [0.15, 0.2) is 23.0 Å². The third-order valence-corrected chi connectivity index (χ3v) is 6.55. The Morgan fingerprint density at radius 3 is 2.90 bits per heavy atom. The Kier molecular flexibility index (Phi) is 4.47. The molecule has 30 heavy (non-hydrogen) atoms. The van der Waals surface area contributed by atoms with Crippen molar-refractivity contribution in [3.63, 3.8) is 0 Å². The molecule has 0 fully saturated rings. The van der Waals surface area contributed by atoms with Crippen molar-refractivity contribution in [3.8, 4) is 22.8 Å². The van der Waals surface area contributed by atoms with E-state index in [-0.39, 0.29) is 12.5 Å². The van der Waals surface area contributed by atoms with Gasteiger partial charge in [-0.1, -0.05) is 12.1 Å². The number of thiophene rings is 1. The van der Waals surface area contributed by atoms with Crippen molar-refractivity contribution < 1.29 is 23.6 Å². The molecule has 0 radical (unpaired) electrons. The van der Waals surface area contributed by atoms with E-state index < -0.39 is 11.8 Å². The first kappa shape index (κ1) is 18.7. The van der Waals surface area contributed by atoms with E-state index in [1.54, 1.807) is 24.3 Å². The second-order valence-corrected chi connectivity index (χ2v) is 8.62. The molecular weight excluding hydrogens is 406 g/mol. The lowest BCUT2D eigenvalue weighted by molar-refractivity contribution is 0.1000. The van der Waals surface area contributed by atoms with Gasteiger partial charge < -0.3 is 25.0 Å². The highest BCUT2D eigenvalue weighted by Crippen LogP contribution is 2.40. The maximum Gasteiger partial charge on any atom is 0.278 e. The minimum Gasteiger partial charge on any atom is -0.454 e. The quantitative estimate of drug-likeness (QED) is 0.660. The predicted octanol–water partition coefficient (Wildman–Crippen LogP) is 3.61. The van der Waals surface area contributed by atoms with Gasteiger partial charge in [-0.25, -0.2) is 0 Å². The van der Waals surface area contributed by atoms with Crippen LogP contribution in [0.4, 0.5) is 5.00 Å². The Morgan fingerprint density at radius 1 is 1.23 bits per heavy atom. The average Bonchev–Trinajstić information content (AvgIpc) is 3.44. The topological polar surface area (TPSA) is 117 Å². The number of hydrogen-bond donors (Lipinski definition) is 2. The smallest absolute Gasteiger partial charge is 0.278 e. The molecule has 0 saturated heterocycles. The number of benzene rings is 1. The second-order valence-electron chi connectivity index (χ2n) is 7.52. The summed E-state index contributed by atoms with van der Waals surface area (Å²) in [5.41, 5.74) is 7.81. The summed E-state index contributed by atoms with van der Waals surface area (Å²) in [5.74, 6) is 1.25. The number of fused-ring (bicyclic) bond motifs is 2. The Balaban J connectivity index is 1.40. The third kappa shape index (κ3) is 3.21. The molecule has 1 aliphatic carbocycles. The van der Waals surface area contributed by atoms with E-state index in [9.17, 15) is 9.59 Å². The molecule has 154 valence electrons. The molecule has 0 spiro atoms. The number of carbonyl (C=O) groups excluding carboxylic acids is 2. The predicted molar refractivity (Wildman–Crippen MR) is 110 cm³/mol. The third-order valence-electron chi connectivity index (χ3n) is 5.39. The molecule has 2 aliphatic rings. The van der Waals surface area contributed by atoms with Crippen LogP contribution in [-0.4, -0.2) is 23.8 Å². The van der Waals surface area contributed by atoms with E-state index in [0.717, 1.165) is 29.7 Å². The molecule has 2 aromatic heterocycles. The largest absolute Gasteiger partial charge is 0.454 e. The summed E-state index contributed by atoms with van der Waals surface area (Å²) in [7, 11) is 0. The fraction of sp³-hybridized carbons (Fsp3) is 0.286. The molecular formula is C21H19N3O5S. The first-order valence-electron chi connectivity index (χ1n) is 9.62. The number of nitrogens with two attached hydrogens (primary N) is 1. The zero-order chi connectivity index (χ0) is 20.8. The van der Waals surface area contributed by atoms with E-state index in [1.807, 2.05) is 0 Å². The van der Waals surface area contributed by atoms with Gasteiger partial charge in [-0.3, -0.25) is 9.59 Å². The molecule has 0 bridgehead atoms. The van der Waals surface area contributed by atoms with E-state index in [4.69, 9.17) is 19.7 Å². The van der Waals surface area contributed by atoms with Crippen LogP contribution in [0.3, 0.4) is 0 Å². The number of rotatable bonds is 4. The standard InChI is InChI=1S/C21H19N3O5S/c1-10-2-4-12-17(6-10)30-21(18(12)19(22)25)23-20(26)13-8-15(29-24-13)11-3-5-14-16(7-11)28-9-27-14/h3,5,7-8,10H,2,4,6,9H2,1H3,(H2,22,25)(H,23,26). The molecule has 2 amide bonds. The fourth-order valence-corrected chi connectivity index (χ4v) is 5.25. The summed E-state index contributed by atoms with van der Waals surface area (Å²) < 4.78 is 16.0. The highest BCUT2D eigenvalue weighted by Gasteiger charge is 2.28. The molecule has 9 heteroatoms. The zero-order valence-electron chi connectivity index (χ0n) is 16.2. The van der Waals surface area contributed by atoms with Crippen molar-refractivity contribution >= 4 is 28.2 Å². The van der Waals surface area contributed by atoms with Crippen molar-refractivity contribution in [1.29, 1.82) is 0 Å². The highest BCUT2D eigenvalue weighted by molar-refractivity contribution is 7.17. The van der Waals surface area contributed by atoms with Crippen molar-refractivity contribution in [3.05, 3.63) is 46.0 Å². The van der Waals surface area contributed by atoms with Gasteiger partial charge in [0.05, 0.1) is 5.56 Å². The zero-order valence-corrected chi connectivity index (χ0v) is 17.0. The van der Waals surface area contributed by atoms with Crippen LogP contribution in [0.1, 0.15) is 44.6 Å². The average molecular weight is 425 g/mol. The first-order valence-corrected chi connectivity index (χ1v) is 10.4. The summed E-state index contributed by atoms with van der Waals surface area (Å²) in [6.45, 7) is 2.35. The number of anilines is 1. The summed E-state index contributed by atoms with van der Waals surface area (Å²) in [6.07, 6.45) is 2.67. The van der Waals surface area contributed by atoms with E-state index >= 15 is 0 Å². The van der Waals surface area contributed by atoms with Gasteiger partial charge in [0, 0.05) is 16.5 Å². The van der Waals surface area contributed by atoms with Crippen LogP contribution < -0.4 is 20.5 Å². The van der Waals surface area contributed by atoms with E-state index in [2.05, 4.69) is 17.4 Å². The number of amides is 2. The summed E-state index contributed by atoms with van der Waals surface area (Å²) in [5, 5.41) is 7.15. The Hall–Kier alpha value is -3.33. The van der Waals surface area contributed by atoms with Crippen LogP contribution in [-0.2, 0) is 12.8 Å². The number of primary amides is 1. The van der Waals surface area contributed by atoms with Gasteiger partial charge in [-0.2, -0.15) is 0 Å². The molecule has 8 nitrogen and oxygen atoms in total.